The molecular weight excluding hydrogens is 176 g/mol. The predicted octanol–water partition coefficient (Wildman–Crippen LogP) is 2.52. The SMILES string of the molecule is C=CC(C)(CO)CCCC1CCCO1. The van der Waals surface area contributed by atoms with Gasteiger partial charge >= 0.3 is 0 Å². The van der Waals surface area contributed by atoms with Gasteiger partial charge in [0.15, 0.2) is 0 Å². The van der Waals surface area contributed by atoms with Gasteiger partial charge in [-0.3, -0.25) is 0 Å². The molecule has 0 amide bonds. The van der Waals surface area contributed by atoms with E-state index in [1.54, 1.807) is 0 Å². The van der Waals surface area contributed by atoms with E-state index in [1.807, 2.05) is 6.08 Å². The molecule has 0 aromatic carbocycles. The second-order valence-electron chi connectivity index (χ2n) is 4.54. The van der Waals surface area contributed by atoms with Crippen molar-refractivity contribution in [3.63, 3.8) is 0 Å². The molecule has 1 rings (SSSR count). The first-order chi connectivity index (χ1) is 6.70. The summed E-state index contributed by atoms with van der Waals surface area (Å²) in [7, 11) is 0. The van der Waals surface area contributed by atoms with Crippen LogP contribution in [0.4, 0.5) is 0 Å². The van der Waals surface area contributed by atoms with Crippen LogP contribution in [0.15, 0.2) is 12.7 Å². The van der Waals surface area contributed by atoms with E-state index in [0.29, 0.717) is 6.10 Å². The zero-order chi connectivity index (χ0) is 10.4. The Balaban J connectivity index is 2.15. The monoisotopic (exact) mass is 198 g/mol. The number of aliphatic hydroxyl groups is 1. The maximum Gasteiger partial charge on any atom is 0.0576 e. The molecule has 0 aliphatic carbocycles. The van der Waals surface area contributed by atoms with E-state index >= 15 is 0 Å². The van der Waals surface area contributed by atoms with Gasteiger partial charge in [0.05, 0.1) is 12.7 Å². The summed E-state index contributed by atoms with van der Waals surface area (Å²) in [6, 6.07) is 0. The van der Waals surface area contributed by atoms with Crippen molar-refractivity contribution in [3.05, 3.63) is 12.7 Å². The Hall–Kier alpha value is -0.340. The fourth-order valence-corrected chi connectivity index (χ4v) is 1.85. The Morgan fingerprint density at radius 2 is 2.43 bits per heavy atom. The molecule has 2 heteroatoms. The topological polar surface area (TPSA) is 29.5 Å². The van der Waals surface area contributed by atoms with Crippen molar-refractivity contribution in [1.82, 2.24) is 0 Å². The van der Waals surface area contributed by atoms with Crippen LogP contribution in [0.1, 0.15) is 39.0 Å². The molecule has 1 fully saturated rings. The number of hydrogen-bond donors (Lipinski definition) is 1. The summed E-state index contributed by atoms with van der Waals surface area (Å²) < 4.78 is 5.55. The number of aliphatic hydroxyl groups excluding tert-OH is 1. The molecule has 2 nitrogen and oxygen atoms in total. The Labute approximate surface area is 87.0 Å². The molecule has 0 aromatic heterocycles. The van der Waals surface area contributed by atoms with Gasteiger partial charge in [-0.05, 0) is 32.1 Å². The van der Waals surface area contributed by atoms with E-state index in [9.17, 15) is 5.11 Å². The van der Waals surface area contributed by atoms with Crippen molar-refractivity contribution >= 4 is 0 Å². The van der Waals surface area contributed by atoms with Gasteiger partial charge in [0.2, 0.25) is 0 Å². The number of hydrogen-bond acceptors (Lipinski definition) is 2. The van der Waals surface area contributed by atoms with Crippen molar-refractivity contribution < 1.29 is 9.84 Å². The van der Waals surface area contributed by atoms with Crippen molar-refractivity contribution in [2.24, 2.45) is 5.41 Å². The molecule has 0 radical (unpaired) electrons. The normalized spacial score (nSPS) is 26.0. The number of ether oxygens (including phenoxy) is 1. The Morgan fingerprint density at radius 1 is 1.64 bits per heavy atom. The lowest BCUT2D eigenvalue weighted by Crippen LogP contribution is -2.18. The van der Waals surface area contributed by atoms with E-state index in [0.717, 1.165) is 25.9 Å². The van der Waals surface area contributed by atoms with Crippen LogP contribution in [0.2, 0.25) is 0 Å². The van der Waals surface area contributed by atoms with Crippen molar-refractivity contribution in [1.29, 1.82) is 0 Å². The average Bonchev–Trinajstić information content (AvgIpc) is 2.70. The minimum absolute atomic E-state index is 0.0986. The molecule has 1 N–H and O–H groups in total. The summed E-state index contributed by atoms with van der Waals surface area (Å²) in [5.41, 5.74) is -0.0986. The van der Waals surface area contributed by atoms with Crippen LogP contribution in [0.3, 0.4) is 0 Å². The second-order valence-corrected chi connectivity index (χ2v) is 4.54. The molecule has 82 valence electrons. The molecule has 1 heterocycles. The molecule has 0 saturated carbocycles. The van der Waals surface area contributed by atoms with Gasteiger partial charge in [-0.2, -0.15) is 0 Å². The van der Waals surface area contributed by atoms with Crippen LogP contribution in [-0.2, 0) is 4.74 Å². The first kappa shape index (κ1) is 11.7. The molecule has 14 heavy (non-hydrogen) atoms. The lowest BCUT2D eigenvalue weighted by atomic mass is 9.85. The van der Waals surface area contributed by atoms with Crippen molar-refractivity contribution in [2.45, 2.75) is 45.1 Å². The standard InChI is InChI=1S/C12H22O2/c1-3-12(2,10-13)8-4-6-11-7-5-9-14-11/h3,11,13H,1,4-10H2,2H3. The highest BCUT2D eigenvalue weighted by atomic mass is 16.5. The van der Waals surface area contributed by atoms with Crippen molar-refractivity contribution in [2.75, 3.05) is 13.2 Å². The third kappa shape index (κ3) is 3.43. The molecule has 1 aliphatic rings. The average molecular weight is 198 g/mol. The van der Waals surface area contributed by atoms with Crippen LogP contribution in [0.5, 0.6) is 0 Å². The smallest absolute Gasteiger partial charge is 0.0576 e. The third-order valence-corrected chi connectivity index (χ3v) is 3.15. The molecule has 1 saturated heterocycles. The first-order valence-corrected chi connectivity index (χ1v) is 5.56. The van der Waals surface area contributed by atoms with Crippen molar-refractivity contribution in [3.8, 4) is 0 Å². The predicted molar refractivity (Wildman–Crippen MR) is 58.2 cm³/mol. The van der Waals surface area contributed by atoms with Gasteiger partial charge in [-0.25, -0.2) is 0 Å². The summed E-state index contributed by atoms with van der Waals surface area (Å²) in [6.07, 6.45) is 8.02. The maximum absolute atomic E-state index is 9.17. The van der Waals surface area contributed by atoms with Crippen LogP contribution >= 0.6 is 0 Å². The summed E-state index contributed by atoms with van der Waals surface area (Å²) >= 11 is 0. The zero-order valence-electron chi connectivity index (χ0n) is 9.17. The minimum atomic E-state index is -0.0986. The van der Waals surface area contributed by atoms with Crippen LogP contribution in [0, 0.1) is 5.41 Å². The summed E-state index contributed by atoms with van der Waals surface area (Å²) in [6.45, 7) is 6.94. The summed E-state index contributed by atoms with van der Waals surface area (Å²) in [5, 5.41) is 9.17. The highest BCUT2D eigenvalue weighted by Gasteiger charge is 2.20. The summed E-state index contributed by atoms with van der Waals surface area (Å²) in [5.74, 6) is 0. The van der Waals surface area contributed by atoms with E-state index in [-0.39, 0.29) is 12.0 Å². The maximum atomic E-state index is 9.17. The quantitative estimate of drug-likeness (QED) is 0.664. The van der Waals surface area contributed by atoms with E-state index in [1.165, 1.54) is 12.8 Å². The molecule has 2 unspecified atom stereocenters. The highest BCUT2D eigenvalue weighted by molar-refractivity contribution is 4.90. The Morgan fingerprint density at radius 3 is 2.93 bits per heavy atom. The zero-order valence-corrected chi connectivity index (χ0v) is 9.17. The van der Waals surface area contributed by atoms with Gasteiger partial charge in [0.25, 0.3) is 0 Å². The third-order valence-electron chi connectivity index (χ3n) is 3.15. The first-order valence-electron chi connectivity index (χ1n) is 5.56. The minimum Gasteiger partial charge on any atom is -0.395 e. The lowest BCUT2D eigenvalue weighted by molar-refractivity contribution is 0.0959. The Kier molecular flexibility index (Phi) is 4.63. The lowest BCUT2D eigenvalue weighted by Gasteiger charge is -2.23. The second kappa shape index (κ2) is 5.52. The van der Waals surface area contributed by atoms with Crippen LogP contribution < -0.4 is 0 Å². The fourth-order valence-electron chi connectivity index (χ4n) is 1.85. The van der Waals surface area contributed by atoms with Crippen LogP contribution in [0.25, 0.3) is 0 Å². The van der Waals surface area contributed by atoms with E-state index < -0.39 is 0 Å². The Bertz CT molecular complexity index is 173. The van der Waals surface area contributed by atoms with Crippen LogP contribution in [-0.4, -0.2) is 24.4 Å². The molecule has 1 aliphatic heterocycles. The summed E-state index contributed by atoms with van der Waals surface area (Å²) in [4.78, 5) is 0. The van der Waals surface area contributed by atoms with E-state index in [2.05, 4.69) is 13.5 Å². The number of rotatable bonds is 6. The van der Waals surface area contributed by atoms with Gasteiger partial charge in [-0.15, -0.1) is 6.58 Å². The molecular formula is C12H22O2. The highest BCUT2D eigenvalue weighted by Crippen LogP contribution is 2.26. The molecule has 0 spiro atoms. The molecule has 2 atom stereocenters. The molecule has 0 aromatic rings. The largest absolute Gasteiger partial charge is 0.395 e. The van der Waals surface area contributed by atoms with Gasteiger partial charge < -0.3 is 9.84 Å². The van der Waals surface area contributed by atoms with Gasteiger partial charge in [-0.1, -0.05) is 13.0 Å². The molecule has 0 bridgehead atoms. The fraction of sp³-hybridized carbons (Fsp3) is 0.833. The van der Waals surface area contributed by atoms with Gasteiger partial charge in [0.1, 0.15) is 0 Å². The van der Waals surface area contributed by atoms with Gasteiger partial charge in [0, 0.05) is 12.0 Å². The van der Waals surface area contributed by atoms with E-state index in [4.69, 9.17) is 4.74 Å².